The first kappa shape index (κ1) is 11.9. The number of amidine groups is 1. The summed E-state index contributed by atoms with van der Waals surface area (Å²) >= 11 is 1.89. The maximum absolute atomic E-state index is 4.50. The molecular formula is C10H21N3S. The molecule has 0 aromatic rings. The third-order valence-corrected chi connectivity index (χ3v) is 3.85. The Kier molecular flexibility index (Phi) is 4.75. The lowest BCUT2D eigenvalue weighted by atomic mass is 9.99. The first-order chi connectivity index (χ1) is 6.67. The van der Waals surface area contributed by atoms with Crippen LogP contribution in [0.5, 0.6) is 0 Å². The summed E-state index contributed by atoms with van der Waals surface area (Å²) in [6.45, 7) is 5.52. The van der Waals surface area contributed by atoms with Crippen LogP contribution in [0.15, 0.2) is 4.99 Å². The highest BCUT2D eigenvalue weighted by Crippen LogP contribution is 2.30. The van der Waals surface area contributed by atoms with Crippen LogP contribution in [0.3, 0.4) is 0 Å². The van der Waals surface area contributed by atoms with Gasteiger partial charge in [-0.25, -0.2) is 5.01 Å². The van der Waals surface area contributed by atoms with E-state index in [1.807, 2.05) is 30.9 Å². The van der Waals surface area contributed by atoms with E-state index in [4.69, 9.17) is 0 Å². The maximum atomic E-state index is 4.50. The van der Waals surface area contributed by atoms with E-state index >= 15 is 0 Å². The van der Waals surface area contributed by atoms with Crippen LogP contribution in [0.4, 0.5) is 0 Å². The van der Waals surface area contributed by atoms with Crippen molar-refractivity contribution < 1.29 is 0 Å². The maximum Gasteiger partial charge on any atom is 0.171 e. The molecule has 1 unspecified atom stereocenters. The lowest BCUT2D eigenvalue weighted by molar-refractivity contribution is 0.366. The van der Waals surface area contributed by atoms with Gasteiger partial charge < -0.3 is 0 Å². The standard InChI is InChI=1S/C10H21N3S/c1-5-8(6-2)9-7-11-10(14-9)12-13(3)4/h8-9H,5-7H2,1-4H3,(H,11,12). The average molecular weight is 215 g/mol. The summed E-state index contributed by atoms with van der Waals surface area (Å²) in [4.78, 5) is 4.50. The molecule has 14 heavy (non-hydrogen) atoms. The second-order valence-electron chi connectivity index (χ2n) is 3.88. The van der Waals surface area contributed by atoms with Crippen LogP contribution in [0.25, 0.3) is 0 Å². The molecule has 0 bridgehead atoms. The number of rotatable bonds is 4. The zero-order chi connectivity index (χ0) is 10.6. The van der Waals surface area contributed by atoms with Gasteiger partial charge in [-0.3, -0.25) is 10.4 Å². The Hall–Kier alpha value is -0.220. The highest BCUT2D eigenvalue weighted by Gasteiger charge is 2.25. The monoisotopic (exact) mass is 215 g/mol. The predicted molar refractivity (Wildman–Crippen MR) is 64.6 cm³/mol. The molecular weight excluding hydrogens is 194 g/mol. The van der Waals surface area contributed by atoms with E-state index in [0.717, 1.165) is 17.6 Å². The minimum absolute atomic E-state index is 0.687. The van der Waals surface area contributed by atoms with Crippen molar-refractivity contribution in [1.82, 2.24) is 10.4 Å². The zero-order valence-electron chi connectivity index (χ0n) is 9.58. The Morgan fingerprint density at radius 1 is 1.50 bits per heavy atom. The van der Waals surface area contributed by atoms with Crippen LogP contribution in [-0.4, -0.2) is 36.1 Å². The number of nitrogens with one attached hydrogen (secondary N) is 1. The molecule has 3 nitrogen and oxygen atoms in total. The van der Waals surface area contributed by atoms with E-state index in [-0.39, 0.29) is 0 Å². The van der Waals surface area contributed by atoms with E-state index < -0.39 is 0 Å². The Labute approximate surface area is 91.3 Å². The van der Waals surface area contributed by atoms with Gasteiger partial charge in [0.1, 0.15) is 0 Å². The molecule has 1 rings (SSSR count). The lowest BCUT2D eigenvalue weighted by Crippen LogP contribution is -2.34. The van der Waals surface area contributed by atoms with Crippen molar-refractivity contribution in [3.05, 3.63) is 0 Å². The van der Waals surface area contributed by atoms with Gasteiger partial charge >= 0.3 is 0 Å². The summed E-state index contributed by atoms with van der Waals surface area (Å²) in [7, 11) is 3.99. The molecule has 1 aliphatic heterocycles. The number of hydrazine groups is 1. The van der Waals surface area contributed by atoms with Crippen molar-refractivity contribution >= 4 is 16.9 Å². The lowest BCUT2D eigenvalue weighted by Gasteiger charge is -2.19. The van der Waals surface area contributed by atoms with Gasteiger partial charge in [0.25, 0.3) is 0 Å². The van der Waals surface area contributed by atoms with Crippen molar-refractivity contribution in [2.24, 2.45) is 10.9 Å². The van der Waals surface area contributed by atoms with Gasteiger partial charge in [-0.15, -0.1) is 0 Å². The molecule has 0 aromatic carbocycles. The fraction of sp³-hybridized carbons (Fsp3) is 0.900. The molecule has 1 N–H and O–H groups in total. The number of aliphatic imine (C=N–C) groups is 1. The van der Waals surface area contributed by atoms with Gasteiger partial charge in [0, 0.05) is 19.3 Å². The third kappa shape index (κ3) is 3.17. The predicted octanol–water partition coefficient (Wildman–Crippen LogP) is 1.96. The van der Waals surface area contributed by atoms with E-state index in [0.29, 0.717) is 5.25 Å². The van der Waals surface area contributed by atoms with E-state index in [9.17, 15) is 0 Å². The van der Waals surface area contributed by atoms with Gasteiger partial charge in [-0.1, -0.05) is 38.5 Å². The second kappa shape index (κ2) is 5.61. The summed E-state index contributed by atoms with van der Waals surface area (Å²) in [5, 5.41) is 3.71. The smallest absolute Gasteiger partial charge is 0.171 e. The van der Waals surface area contributed by atoms with Crippen molar-refractivity contribution in [1.29, 1.82) is 0 Å². The number of hydrogen-bond donors (Lipinski definition) is 1. The molecule has 0 amide bonds. The van der Waals surface area contributed by atoms with Crippen molar-refractivity contribution in [2.45, 2.75) is 31.9 Å². The van der Waals surface area contributed by atoms with E-state index in [2.05, 4.69) is 24.3 Å². The largest absolute Gasteiger partial charge is 0.298 e. The normalized spacial score (nSPS) is 21.9. The van der Waals surface area contributed by atoms with E-state index in [1.54, 1.807) is 0 Å². The number of nitrogens with zero attached hydrogens (tertiary/aromatic N) is 2. The van der Waals surface area contributed by atoms with Crippen LogP contribution in [0.1, 0.15) is 26.7 Å². The van der Waals surface area contributed by atoms with Crippen LogP contribution in [-0.2, 0) is 0 Å². The van der Waals surface area contributed by atoms with Crippen LogP contribution in [0, 0.1) is 5.92 Å². The molecule has 0 saturated carbocycles. The summed E-state index contributed by atoms with van der Waals surface area (Å²) in [5.41, 5.74) is 3.22. The molecule has 0 spiro atoms. The first-order valence-electron chi connectivity index (χ1n) is 5.32. The highest BCUT2D eigenvalue weighted by atomic mass is 32.2. The van der Waals surface area contributed by atoms with Gasteiger partial charge in [-0.2, -0.15) is 0 Å². The van der Waals surface area contributed by atoms with E-state index in [1.165, 1.54) is 12.8 Å². The molecule has 1 heterocycles. The van der Waals surface area contributed by atoms with Gasteiger partial charge in [0.15, 0.2) is 5.17 Å². The zero-order valence-corrected chi connectivity index (χ0v) is 10.4. The molecule has 82 valence electrons. The SMILES string of the molecule is CCC(CC)C1CN=C(NN(C)C)S1. The summed E-state index contributed by atoms with van der Waals surface area (Å²) in [5.74, 6) is 0.810. The summed E-state index contributed by atoms with van der Waals surface area (Å²) < 4.78 is 0. The third-order valence-electron chi connectivity index (χ3n) is 2.57. The van der Waals surface area contributed by atoms with Gasteiger partial charge in [0.05, 0.1) is 6.54 Å². The molecule has 0 aliphatic carbocycles. The number of hydrogen-bond acceptors (Lipinski definition) is 4. The molecule has 0 aromatic heterocycles. The van der Waals surface area contributed by atoms with Crippen molar-refractivity contribution in [3.8, 4) is 0 Å². The van der Waals surface area contributed by atoms with Crippen molar-refractivity contribution in [2.75, 3.05) is 20.6 Å². The summed E-state index contributed by atoms with van der Waals surface area (Å²) in [6, 6.07) is 0. The Morgan fingerprint density at radius 3 is 2.64 bits per heavy atom. The van der Waals surface area contributed by atoms with Crippen LogP contribution >= 0.6 is 11.8 Å². The molecule has 4 heteroatoms. The first-order valence-corrected chi connectivity index (χ1v) is 6.20. The average Bonchev–Trinajstić information content (AvgIpc) is 2.54. The topological polar surface area (TPSA) is 27.6 Å². The minimum atomic E-state index is 0.687. The fourth-order valence-corrected chi connectivity index (χ4v) is 3.10. The molecule has 1 atom stereocenters. The minimum Gasteiger partial charge on any atom is -0.298 e. The Morgan fingerprint density at radius 2 is 2.14 bits per heavy atom. The fourth-order valence-electron chi connectivity index (χ4n) is 1.70. The van der Waals surface area contributed by atoms with Crippen LogP contribution in [0.2, 0.25) is 0 Å². The Balaban J connectivity index is 2.37. The highest BCUT2D eigenvalue weighted by molar-refractivity contribution is 8.14. The molecule has 1 aliphatic rings. The van der Waals surface area contributed by atoms with Gasteiger partial charge in [-0.05, 0) is 5.92 Å². The van der Waals surface area contributed by atoms with Crippen molar-refractivity contribution in [3.63, 3.8) is 0 Å². The molecule has 0 fully saturated rings. The van der Waals surface area contributed by atoms with Crippen LogP contribution < -0.4 is 5.43 Å². The molecule has 0 radical (unpaired) electrons. The molecule has 0 saturated heterocycles. The number of thioether (sulfide) groups is 1. The summed E-state index contributed by atoms with van der Waals surface area (Å²) in [6.07, 6.45) is 2.53. The Bertz CT molecular complexity index is 200. The van der Waals surface area contributed by atoms with Gasteiger partial charge in [0.2, 0.25) is 0 Å². The quantitative estimate of drug-likeness (QED) is 0.727. The second-order valence-corrected chi connectivity index (χ2v) is 5.11.